The minimum Gasteiger partial charge on any atom is -0.466 e. The molecule has 1 aromatic rings. The van der Waals surface area contributed by atoms with Gasteiger partial charge in [-0.3, -0.25) is 19.4 Å². The van der Waals surface area contributed by atoms with Crippen molar-refractivity contribution < 1.29 is 37.0 Å². The van der Waals surface area contributed by atoms with Crippen molar-refractivity contribution in [1.82, 2.24) is 0 Å². The zero-order valence-electron chi connectivity index (χ0n) is 14.9. The second-order valence-electron chi connectivity index (χ2n) is 5.32. The summed E-state index contributed by atoms with van der Waals surface area (Å²) in [6.45, 7) is 2.55. The van der Waals surface area contributed by atoms with Crippen LogP contribution >= 0.6 is 0 Å². The number of esters is 2. The lowest BCUT2D eigenvalue weighted by atomic mass is 9.95. The van der Waals surface area contributed by atoms with E-state index in [4.69, 9.17) is 4.74 Å². The van der Waals surface area contributed by atoms with Gasteiger partial charge in [-0.2, -0.15) is 13.2 Å². The van der Waals surface area contributed by atoms with Crippen molar-refractivity contribution in [1.29, 1.82) is 0 Å². The molecule has 0 N–H and O–H groups in total. The minimum atomic E-state index is -5.29. The molecule has 0 fully saturated rings. The number of ether oxygens (including phenoxy) is 2. The first-order chi connectivity index (χ1) is 12.7. The Morgan fingerprint density at radius 1 is 1.04 bits per heavy atom. The second kappa shape index (κ2) is 10.4. The third kappa shape index (κ3) is 7.20. The molecular formula is C18H20F3NO5. The van der Waals surface area contributed by atoms with Gasteiger partial charge in [0, 0.05) is 5.71 Å². The van der Waals surface area contributed by atoms with Gasteiger partial charge < -0.3 is 9.47 Å². The fraction of sp³-hybridized carbons (Fsp3) is 0.444. The molecule has 0 amide bonds. The Morgan fingerprint density at radius 3 is 2.15 bits per heavy atom. The molecule has 9 heteroatoms. The van der Waals surface area contributed by atoms with Gasteiger partial charge in [0.2, 0.25) is 0 Å². The number of aliphatic imine (C=N–C) groups is 1. The highest BCUT2D eigenvalue weighted by atomic mass is 19.4. The lowest BCUT2D eigenvalue weighted by Crippen LogP contribution is -2.42. The normalized spacial score (nSPS) is 13.0. The molecule has 0 aliphatic rings. The maximum absolute atomic E-state index is 13.0. The number of Topliss-reactive ketones (excluding diaryl/α,β-unsaturated/α-hetero) is 1. The summed E-state index contributed by atoms with van der Waals surface area (Å²) in [6.07, 6.45) is -6.02. The molecule has 1 unspecified atom stereocenters. The summed E-state index contributed by atoms with van der Waals surface area (Å²) in [7, 11) is 0. The Balaban J connectivity index is 3.28. The van der Waals surface area contributed by atoms with Gasteiger partial charge in [0.1, 0.15) is 0 Å². The number of carbonyl (C=O) groups excluding carboxylic acids is 3. The lowest BCUT2D eigenvalue weighted by Gasteiger charge is -2.18. The third-order valence-electron chi connectivity index (χ3n) is 3.34. The fourth-order valence-corrected chi connectivity index (χ4v) is 2.17. The topological polar surface area (TPSA) is 82.0 Å². The van der Waals surface area contributed by atoms with Crippen LogP contribution in [0.25, 0.3) is 0 Å². The van der Waals surface area contributed by atoms with E-state index in [1.165, 1.54) is 13.8 Å². The zero-order chi connectivity index (χ0) is 20.4. The van der Waals surface area contributed by atoms with E-state index in [0.29, 0.717) is 5.56 Å². The smallest absolute Gasteiger partial charge is 0.451 e. The van der Waals surface area contributed by atoms with E-state index in [1.54, 1.807) is 30.3 Å². The number of hydrogen-bond donors (Lipinski definition) is 0. The van der Waals surface area contributed by atoms with Crippen LogP contribution in [-0.4, -0.2) is 42.8 Å². The van der Waals surface area contributed by atoms with Gasteiger partial charge in [-0.15, -0.1) is 0 Å². The number of nitrogens with zero attached hydrogens (tertiary/aromatic N) is 1. The number of halogens is 3. The predicted octanol–water partition coefficient (Wildman–Crippen LogP) is 2.89. The molecule has 0 aromatic heterocycles. The van der Waals surface area contributed by atoms with Crippen molar-refractivity contribution >= 4 is 23.4 Å². The number of carbonyl (C=O) groups is 3. The summed E-state index contributed by atoms with van der Waals surface area (Å²) in [5.41, 5.74) is 0.0824. The second-order valence-corrected chi connectivity index (χ2v) is 5.32. The van der Waals surface area contributed by atoms with E-state index in [1.807, 2.05) is 0 Å². The van der Waals surface area contributed by atoms with Crippen LogP contribution in [0.2, 0.25) is 0 Å². The van der Waals surface area contributed by atoms with Gasteiger partial charge in [-0.25, -0.2) is 0 Å². The Bertz CT molecular complexity index is 686. The SMILES string of the molecule is CCOC(=O)CC(=NCc1ccccc1)C(C(=O)OCC)C(=O)C(F)(F)F. The zero-order valence-corrected chi connectivity index (χ0v) is 14.9. The van der Waals surface area contributed by atoms with Crippen molar-refractivity contribution in [3.63, 3.8) is 0 Å². The first kappa shape index (κ1) is 22.3. The monoisotopic (exact) mass is 387 g/mol. The molecule has 0 aliphatic carbocycles. The average Bonchev–Trinajstić information content (AvgIpc) is 2.60. The maximum atomic E-state index is 13.0. The van der Waals surface area contributed by atoms with Crippen LogP contribution in [0.3, 0.4) is 0 Å². The molecule has 0 radical (unpaired) electrons. The van der Waals surface area contributed by atoms with Crippen LogP contribution in [0.5, 0.6) is 0 Å². The van der Waals surface area contributed by atoms with Crippen LogP contribution in [0.1, 0.15) is 25.8 Å². The van der Waals surface area contributed by atoms with E-state index in [9.17, 15) is 27.6 Å². The maximum Gasteiger partial charge on any atom is 0.451 e. The van der Waals surface area contributed by atoms with E-state index < -0.39 is 41.9 Å². The van der Waals surface area contributed by atoms with Gasteiger partial charge in [0.15, 0.2) is 5.92 Å². The van der Waals surface area contributed by atoms with E-state index >= 15 is 0 Å². The van der Waals surface area contributed by atoms with Crippen molar-refractivity contribution in [2.24, 2.45) is 10.9 Å². The summed E-state index contributed by atoms with van der Waals surface area (Å²) in [4.78, 5) is 39.6. The standard InChI is InChI=1S/C18H20F3NO5/c1-3-26-14(23)10-13(22-11-12-8-6-5-7-9-12)15(17(25)27-4-2)16(24)18(19,20)21/h5-9,15H,3-4,10-11H2,1-2H3. The van der Waals surface area contributed by atoms with E-state index in [0.717, 1.165) is 0 Å². The highest BCUT2D eigenvalue weighted by Crippen LogP contribution is 2.24. The molecule has 0 bridgehead atoms. The summed E-state index contributed by atoms with van der Waals surface area (Å²) >= 11 is 0. The van der Waals surface area contributed by atoms with Crippen molar-refractivity contribution in [2.75, 3.05) is 13.2 Å². The predicted molar refractivity (Wildman–Crippen MR) is 90.0 cm³/mol. The molecule has 27 heavy (non-hydrogen) atoms. The molecule has 6 nitrogen and oxygen atoms in total. The molecule has 1 atom stereocenters. The van der Waals surface area contributed by atoms with Gasteiger partial charge in [0.05, 0.1) is 26.2 Å². The number of benzene rings is 1. The van der Waals surface area contributed by atoms with E-state index in [2.05, 4.69) is 9.73 Å². The Kier molecular flexibility index (Phi) is 8.64. The average molecular weight is 387 g/mol. The van der Waals surface area contributed by atoms with Crippen LogP contribution < -0.4 is 0 Å². The van der Waals surface area contributed by atoms with Gasteiger partial charge in [0.25, 0.3) is 5.78 Å². The lowest BCUT2D eigenvalue weighted by molar-refractivity contribution is -0.177. The molecule has 1 aromatic carbocycles. The highest BCUT2D eigenvalue weighted by Gasteiger charge is 2.49. The van der Waals surface area contributed by atoms with Crippen LogP contribution in [-0.2, 0) is 30.4 Å². The highest BCUT2D eigenvalue weighted by molar-refractivity contribution is 6.23. The molecule has 0 saturated heterocycles. The Labute approximate surface area is 154 Å². The Morgan fingerprint density at radius 2 is 1.63 bits per heavy atom. The molecule has 0 heterocycles. The van der Waals surface area contributed by atoms with Gasteiger partial charge in [-0.05, 0) is 19.4 Å². The Hall–Kier alpha value is -2.71. The van der Waals surface area contributed by atoms with Gasteiger partial charge >= 0.3 is 18.1 Å². The number of hydrogen-bond acceptors (Lipinski definition) is 6. The van der Waals surface area contributed by atoms with Crippen molar-refractivity contribution in [2.45, 2.75) is 33.0 Å². The minimum absolute atomic E-state index is 0.0118. The van der Waals surface area contributed by atoms with E-state index in [-0.39, 0.29) is 19.8 Å². The van der Waals surface area contributed by atoms with Crippen LogP contribution in [0.4, 0.5) is 13.2 Å². The van der Waals surface area contributed by atoms with Crippen LogP contribution in [0.15, 0.2) is 35.3 Å². The molecule has 0 aliphatic heterocycles. The number of alkyl halides is 3. The first-order valence-electron chi connectivity index (χ1n) is 8.21. The summed E-state index contributed by atoms with van der Waals surface area (Å²) in [5.74, 6) is -6.99. The number of ketones is 1. The van der Waals surface area contributed by atoms with Crippen LogP contribution in [0, 0.1) is 5.92 Å². The quantitative estimate of drug-likeness (QED) is 0.370. The largest absolute Gasteiger partial charge is 0.466 e. The summed E-state index contributed by atoms with van der Waals surface area (Å²) in [5, 5.41) is 0. The molecule has 1 rings (SSSR count). The molecule has 148 valence electrons. The fourth-order valence-electron chi connectivity index (χ4n) is 2.17. The van der Waals surface area contributed by atoms with Gasteiger partial charge in [-0.1, -0.05) is 30.3 Å². The molecular weight excluding hydrogens is 367 g/mol. The molecule has 0 saturated carbocycles. The van der Waals surface area contributed by atoms with Crippen molar-refractivity contribution in [3.05, 3.63) is 35.9 Å². The third-order valence-corrected chi connectivity index (χ3v) is 3.34. The summed E-state index contributed by atoms with van der Waals surface area (Å²) in [6, 6.07) is 8.45. The van der Waals surface area contributed by atoms with Crippen molar-refractivity contribution in [3.8, 4) is 0 Å². The summed E-state index contributed by atoms with van der Waals surface area (Å²) < 4.78 is 48.3. The first-order valence-corrected chi connectivity index (χ1v) is 8.21. The molecule has 0 spiro atoms. The number of rotatable bonds is 9.